The van der Waals surface area contributed by atoms with Gasteiger partial charge in [0.25, 0.3) is 0 Å². The number of benzene rings is 1. The smallest absolute Gasteiger partial charge is 0.151 e. The lowest BCUT2D eigenvalue weighted by molar-refractivity contribution is -0.174. The molecular weight excluding hydrogens is 264 g/mol. The molecule has 19 heavy (non-hydrogen) atoms. The molecule has 1 aliphatic rings. The van der Waals surface area contributed by atoms with Crippen molar-refractivity contribution in [3.63, 3.8) is 0 Å². The third kappa shape index (κ3) is 1.75. The highest BCUT2D eigenvalue weighted by Crippen LogP contribution is 2.50. The van der Waals surface area contributed by atoms with Crippen molar-refractivity contribution in [1.29, 1.82) is 0 Å². The Balaban J connectivity index is 2.71. The number of fused-ring (bicyclic) bond motifs is 1. The molecule has 0 saturated carbocycles. The van der Waals surface area contributed by atoms with Crippen molar-refractivity contribution in [3.05, 3.63) is 23.3 Å². The summed E-state index contributed by atoms with van der Waals surface area (Å²) in [6.45, 7) is -4.99. The monoisotopic (exact) mass is 278 g/mol. The molecule has 3 nitrogen and oxygen atoms in total. The van der Waals surface area contributed by atoms with E-state index in [1.54, 1.807) is 0 Å². The molecule has 0 atom stereocenters. The standard InChI is InChI=1S/C12H14F4N2O/c13-3-11(4-14)7-1-9(17)10(18)2-8(7)12(5-15,6-16)19-11/h1-2H,3-6,17-18H2. The number of ether oxygens (including phenoxy) is 1. The number of anilines is 2. The molecular formula is C12H14F4N2O. The van der Waals surface area contributed by atoms with Crippen molar-refractivity contribution in [2.24, 2.45) is 0 Å². The van der Waals surface area contributed by atoms with E-state index < -0.39 is 37.9 Å². The Morgan fingerprint density at radius 2 is 1.11 bits per heavy atom. The average Bonchev–Trinajstić information content (AvgIpc) is 2.71. The van der Waals surface area contributed by atoms with Crippen LogP contribution in [-0.2, 0) is 15.9 Å². The lowest BCUT2D eigenvalue weighted by Gasteiger charge is -2.28. The second-order valence-corrected chi connectivity index (χ2v) is 4.65. The third-order valence-electron chi connectivity index (χ3n) is 3.46. The second-order valence-electron chi connectivity index (χ2n) is 4.65. The second kappa shape index (κ2) is 4.56. The van der Waals surface area contributed by atoms with Gasteiger partial charge < -0.3 is 16.2 Å². The fourth-order valence-corrected chi connectivity index (χ4v) is 2.34. The first-order valence-corrected chi connectivity index (χ1v) is 5.62. The van der Waals surface area contributed by atoms with Crippen molar-refractivity contribution in [2.75, 3.05) is 38.2 Å². The number of nitrogens with two attached hydrogens (primary N) is 2. The van der Waals surface area contributed by atoms with Gasteiger partial charge in [0.1, 0.15) is 26.7 Å². The molecule has 1 aromatic carbocycles. The van der Waals surface area contributed by atoms with Gasteiger partial charge in [0, 0.05) is 0 Å². The quantitative estimate of drug-likeness (QED) is 0.655. The van der Waals surface area contributed by atoms with E-state index in [1.165, 1.54) is 12.1 Å². The summed E-state index contributed by atoms with van der Waals surface area (Å²) < 4.78 is 57.9. The minimum absolute atomic E-state index is 0.0134. The largest absolute Gasteiger partial charge is 0.397 e. The Morgan fingerprint density at radius 3 is 1.37 bits per heavy atom. The molecule has 106 valence electrons. The highest BCUT2D eigenvalue weighted by atomic mass is 19.1. The van der Waals surface area contributed by atoms with Gasteiger partial charge in [-0.2, -0.15) is 0 Å². The van der Waals surface area contributed by atoms with Crippen molar-refractivity contribution >= 4 is 11.4 Å². The van der Waals surface area contributed by atoms with E-state index in [4.69, 9.17) is 16.2 Å². The summed E-state index contributed by atoms with van der Waals surface area (Å²) in [5.74, 6) is 0. The lowest BCUT2D eigenvalue weighted by atomic mass is 9.88. The zero-order chi connectivity index (χ0) is 14.3. The van der Waals surface area contributed by atoms with Gasteiger partial charge in [-0.25, -0.2) is 17.6 Å². The number of hydrogen-bond donors (Lipinski definition) is 2. The number of rotatable bonds is 4. The van der Waals surface area contributed by atoms with Crippen LogP contribution in [0.4, 0.5) is 28.9 Å². The van der Waals surface area contributed by atoms with Gasteiger partial charge in [-0.3, -0.25) is 0 Å². The topological polar surface area (TPSA) is 61.3 Å². The Morgan fingerprint density at radius 1 is 0.789 bits per heavy atom. The Kier molecular flexibility index (Phi) is 3.34. The van der Waals surface area contributed by atoms with E-state index in [-0.39, 0.29) is 22.5 Å². The molecule has 0 fully saturated rings. The predicted octanol–water partition coefficient (Wildman–Crippen LogP) is 2.15. The molecule has 7 heteroatoms. The van der Waals surface area contributed by atoms with E-state index in [1.807, 2.05) is 0 Å². The van der Waals surface area contributed by atoms with Crippen LogP contribution >= 0.6 is 0 Å². The summed E-state index contributed by atoms with van der Waals surface area (Å²) in [6.07, 6.45) is 0. The first-order valence-electron chi connectivity index (χ1n) is 5.62. The highest BCUT2D eigenvalue weighted by Gasteiger charge is 2.54. The molecule has 0 radical (unpaired) electrons. The molecule has 4 N–H and O–H groups in total. The normalized spacial score (nSPS) is 19.4. The first kappa shape index (κ1) is 13.9. The number of hydrogen-bond acceptors (Lipinski definition) is 3. The summed E-state index contributed by atoms with van der Waals surface area (Å²) in [5, 5.41) is 0. The molecule has 0 saturated heterocycles. The van der Waals surface area contributed by atoms with Gasteiger partial charge in [-0.1, -0.05) is 0 Å². The average molecular weight is 278 g/mol. The van der Waals surface area contributed by atoms with Crippen LogP contribution in [-0.4, -0.2) is 26.7 Å². The SMILES string of the molecule is Nc1cc2c(cc1N)C(CF)(CF)OC2(CF)CF. The number of alkyl halides is 4. The van der Waals surface area contributed by atoms with Gasteiger partial charge in [-0.15, -0.1) is 0 Å². The molecule has 0 unspecified atom stereocenters. The molecule has 0 aliphatic carbocycles. The van der Waals surface area contributed by atoms with Crippen molar-refractivity contribution in [3.8, 4) is 0 Å². The Hall–Kier alpha value is -1.50. The summed E-state index contributed by atoms with van der Waals surface area (Å²) in [6, 6.07) is 2.44. The van der Waals surface area contributed by atoms with Crippen molar-refractivity contribution < 1.29 is 22.3 Å². The molecule has 0 amide bonds. The van der Waals surface area contributed by atoms with Crippen LogP contribution in [0.3, 0.4) is 0 Å². The summed E-state index contributed by atoms with van der Waals surface area (Å²) in [7, 11) is 0. The van der Waals surface area contributed by atoms with Gasteiger partial charge in [-0.05, 0) is 23.3 Å². The van der Waals surface area contributed by atoms with E-state index in [0.717, 1.165) is 0 Å². The van der Waals surface area contributed by atoms with Crippen LogP contribution < -0.4 is 11.5 Å². The van der Waals surface area contributed by atoms with E-state index in [9.17, 15) is 17.6 Å². The van der Waals surface area contributed by atoms with Crippen molar-refractivity contribution in [1.82, 2.24) is 0 Å². The van der Waals surface area contributed by atoms with Crippen LogP contribution in [0.2, 0.25) is 0 Å². The van der Waals surface area contributed by atoms with E-state index in [0.29, 0.717) is 0 Å². The van der Waals surface area contributed by atoms with Gasteiger partial charge in [0.05, 0.1) is 11.4 Å². The fraction of sp³-hybridized carbons (Fsp3) is 0.500. The molecule has 2 rings (SSSR count). The summed E-state index contributed by atoms with van der Waals surface area (Å²) in [5.41, 5.74) is 7.32. The van der Waals surface area contributed by atoms with Crippen molar-refractivity contribution in [2.45, 2.75) is 11.2 Å². The summed E-state index contributed by atoms with van der Waals surface area (Å²) in [4.78, 5) is 0. The van der Waals surface area contributed by atoms with Gasteiger partial charge >= 0.3 is 0 Å². The molecule has 1 heterocycles. The molecule has 0 aromatic heterocycles. The fourth-order valence-electron chi connectivity index (χ4n) is 2.34. The lowest BCUT2D eigenvalue weighted by Crippen LogP contribution is -2.38. The minimum Gasteiger partial charge on any atom is -0.397 e. The molecule has 0 spiro atoms. The van der Waals surface area contributed by atoms with E-state index >= 15 is 0 Å². The minimum atomic E-state index is -2.02. The first-order chi connectivity index (χ1) is 8.98. The van der Waals surface area contributed by atoms with Crippen LogP contribution in [0.25, 0.3) is 0 Å². The van der Waals surface area contributed by atoms with Gasteiger partial charge in [0.2, 0.25) is 0 Å². The van der Waals surface area contributed by atoms with Crippen LogP contribution in [0.1, 0.15) is 11.1 Å². The predicted molar refractivity (Wildman–Crippen MR) is 63.6 cm³/mol. The van der Waals surface area contributed by atoms with Crippen LogP contribution in [0, 0.1) is 0 Å². The maximum atomic E-state index is 13.2. The molecule has 0 bridgehead atoms. The Labute approximate surface area is 107 Å². The maximum absolute atomic E-state index is 13.2. The summed E-state index contributed by atoms with van der Waals surface area (Å²) >= 11 is 0. The zero-order valence-electron chi connectivity index (χ0n) is 10.1. The maximum Gasteiger partial charge on any atom is 0.151 e. The highest BCUT2D eigenvalue weighted by molar-refractivity contribution is 5.68. The zero-order valence-corrected chi connectivity index (χ0v) is 10.1. The molecule has 1 aromatic rings. The van der Waals surface area contributed by atoms with Crippen LogP contribution in [0.15, 0.2) is 12.1 Å². The van der Waals surface area contributed by atoms with Gasteiger partial charge in [0.15, 0.2) is 11.2 Å². The third-order valence-corrected chi connectivity index (χ3v) is 3.46. The van der Waals surface area contributed by atoms with E-state index in [2.05, 4.69) is 0 Å². The Bertz CT molecular complexity index is 444. The number of nitrogen functional groups attached to an aromatic ring is 2. The molecule has 1 aliphatic heterocycles. The number of halogens is 4. The van der Waals surface area contributed by atoms with Crippen LogP contribution in [0.5, 0.6) is 0 Å².